The Morgan fingerprint density at radius 3 is 2.93 bits per heavy atom. The second-order valence-electron chi connectivity index (χ2n) is 3.01. The summed E-state index contributed by atoms with van der Waals surface area (Å²) in [4.78, 5) is 4.08. The van der Waals surface area contributed by atoms with E-state index in [0.29, 0.717) is 0 Å². The number of nitrogens with zero attached hydrogens (tertiary/aromatic N) is 1. The molecule has 0 fully saturated rings. The van der Waals surface area contributed by atoms with E-state index in [2.05, 4.69) is 4.98 Å². The van der Waals surface area contributed by atoms with Crippen LogP contribution < -0.4 is 0 Å². The van der Waals surface area contributed by atoms with Crippen molar-refractivity contribution in [3.8, 4) is 11.3 Å². The minimum absolute atomic E-state index is 0.792. The average molecular weight is 185 g/mol. The van der Waals surface area contributed by atoms with E-state index in [-0.39, 0.29) is 0 Å². The van der Waals surface area contributed by atoms with E-state index >= 15 is 0 Å². The van der Waals surface area contributed by atoms with Gasteiger partial charge in [0.1, 0.15) is 11.3 Å². The fourth-order valence-corrected chi connectivity index (χ4v) is 1.45. The van der Waals surface area contributed by atoms with E-state index < -0.39 is 0 Å². The van der Waals surface area contributed by atoms with E-state index in [9.17, 15) is 0 Å². The molecular formula is C11H7NO2. The monoisotopic (exact) mass is 185 g/mol. The van der Waals surface area contributed by atoms with Gasteiger partial charge in [-0.15, -0.1) is 0 Å². The fraction of sp³-hybridized carbons (Fsp3) is 0. The molecule has 0 aliphatic heterocycles. The first-order valence-electron chi connectivity index (χ1n) is 4.30. The van der Waals surface area contributed by atoms with Crippen LogP contribution >= 0.6 is 0 Å². The number of furan rings is 1. The normalized spacial score (nSPS) is 10.9. The van der Waals surface area contributed by atoms with Crippen LogP contribution in [0.25, 0.3) is 22.4 Å². The molecule has 0 saturated heterocycles. The summed E-state index contributed by atoms with van der Waals surface area (Å²) in [6.07, 6.45) is 3.10. The zero-order chi connectivity index (χ0) is 9.38. The van der Waals surface area contributed by atoms with Crippen molar-refractivity contribution in [2.45, 2.75) is 0 Å². The van der Waals surface area contributed by atoms with Crippen molar-refractivity contribution in [2.75, 3.05) is 0 Å². The summed E-state index contributed by atoms with van der Waals surface area (Å²) in [5.41, 5.74) is 2.65. The smallest absolute Gasteiger partial charge is 0.181 e. The van der Waals surface area contributed by atoms with Crippen molar-refractivity contribution in [1.29, 1.82) is 0 Å². The third kappa shape index (κ3) is 1.03. The Balaban J connectivity index is 2.23. The predicted molar refractivity (Wildman–Crippen MR) is 51.7 cm³/mol. The van der Waals surface area contributed by atoms with Gasteiger partial charge in [0, 0.05) is 5.56 Å². The molecule has 0 saturated carbocycles. The molecule has 0 amide bonds. The number of rotatable bonds is 1. The Morgan fingerprint density at radius 2 is 2.07 bits per heavy atom. The molecule has 1 aromatic carbocycles. The summed E-state index contributed by atoms with van der Waals surface area (Å²) >= 11 is 0. The molecule has 3 rings (SSSR count). The molecule has 2 aromatic heterocycles. The van der Waals surface area contributed by atoms with Crippen molar-refractivity contribution in [3.63, 3.8) is 0 Å². The summed E-state index contributed by atoms with van der Waals surface area (Å²) in [6.45, 7) is 0. The van der Waals surface area contributed by atoms with E-state index in [1.54, 1.807) is 6.26 Å². The van der Waals surface area contributed by atoms with Gasteiger partial charge in [-0.3, -0.25) is 0 Å². The standard InChI is InChI=1S/C11H7NO2/c1-2-10(13-5-1)8-3-4-11-9(6-8)12-7-14-11/h1-7H. The maximum absolute atomic E-state index is 5.29. The number of hydrogen-bond acceptors (Lipinski definition) is 3. The van der Waals surface area contributed by atoms with Gasteiger partial charge in [-0.2, -0.15) is 0 Å². The summed E-state index contributed by atoms with van der Waals surface area (Å²) in [6, 6.07) is 9.56. The molecule has 0 aliphatic carbocycles. The highest BCUT2D eigenvalue weighted by Crippen LogP contribution is 2.23. The van der Waals surface area contributed by atoms with Crippen molar-refractivity contribution in [3.05, 3.63) is 43.0 Å². The Morgan fingerprint density at radius 1 is 1.07 bits per heavy atom. The van der Waals surface area contributed by atoms with Gasteiger partial charge in [-0.05, 0) is 30.3 Å². The molecule has 3 heteroatoms. The molecule has 3 aromatic rings. The van der Waals surface area contributed by atoms with Crippen LogP contribution in [0.2, 0.25) is 0 Å². The molecule has 2 heterocycles. The molecular weight excluding hydrogens is 178 g/mol. The Kier molecular flexibility index (Phi) is 1.44. The molecule has 0 unspecified atom stereocenters. The molecule has 0 N–H and O–H groups in total. The molecule has 0 radical (unpaired) electrons. The van der Waals surface area contributed by atoms with E-state index in [0.717, 1.165) is 22.4 Å². The van der Waals surface area contributed by atoms with Gasteiger partial charge < -0.3 is 8.83 Å². The first-order valence-corrected chi connectivity index (χ1v) is 4.30. The highest BCUT2D eigenvalue weighted by Gasteiger charge is 2.03. The van der Waals surface area contributed by atoms with Crippen molar-refractivity contribution in [2.24, 2.45) is 0 Å². The van der Waals surface area contributed by atoms with Crippen LogP contribution in [0.15, 0.2) is 51.8 Å². The molecule has 68 valence electrons. The Labute approximate surface area is 80.0 Å². The highest BCUT2D eigenvalue weighted by molar-refractivity contribution is 5.78. The van der Waals surface area contributed by atoms with Crippen LogP contribution in [0, 0.1) is 0 Å². The minimum Gasteiger partial charge on any atom is -0.464 e. The predicted octanol–water partition coefficient (Wildman–Crippen LogP) is 3.09. The van der Waals surface area contributed by atoms with Crippen molar-refractivity contribution >= 4 is 11.1 Å². The summed E-state index contributed by atoms with van der Waals surface area (Å²) in [5, 5.41) is 0. The maximum atomic E-state index is 5.29. The van der Waals surface area contributed by atoms with E-state index in [1.807, 2.05) is 30.3 Å². The lowest BCUT2D eigenvalue weighted by atomic mass is 10.1. The molecule has 14 heavy (non-hydrogen) atoms. The molecule has 0 atom stereocenters. The van der Waals surface area contributed by atoms with Gasteiger partial charge in [-0.25, -0.2) is 4.98 Å². The van der Waals surface area contributed by atoms with Crippen LogP contribution in [0.4, 0.5) is 0 Å². The van der Waals surface area contributed by atoms with Crippen LogP contribution in [-0.2, 0) is 0 Å². The van der Waals surface area contributed by atoms with Gasteiger partial charge in [0.15, 0.2) is 12.0 Å². The average Bonchev–Trinajstić information content (AvgIpc) is 2.88. The summed E-state index contributed by atoms with van der Waals surface area (Å²) < 4.78 is 10.4. The first-order chi connectivity index (χ1) is 6.93. The number of hydrogen-bond donors (Lipinski definition) is 0. The first kappa shape index (κ1) is 7.38. The number of oxazole rings is 1. The van der Waals surface area contributed by atoms with Gasteiger partial charge in [0.25, 0.3) is 0 Å². The second kappa shape index (κ2) is 2.73. The fourth-order valence-electron chi connectivity index (χ4n) is 1.45. The third-order valence-electron chi connectivity index (χ3n) is 2.14. The molecule has 0 aliphatic rings. The minimum atomic E-state index is 0.792. The Hall–Kier alpha value is -2.03. The molecule has 3 nitrogen and oxygen atoms in total. The largest absolute Gasteiger partial charge is 0.464 e. The lowest BCUT2D eigenvalue weighted by molar-refractivity contribution is 0.582. The topological polar surface area (TPSA) is 39.2 Å². The van der Waals surface area contributed by atoms with Crippen LogP contribution in [-0.4, -0.2) is 4.98 Å². The van der Waals surface area contributed by atoms with E-state index in [4.69, 9.17) is 8.83 Å². The van der Waals surface area contributed by atoms with Crippen LogP contribution in [0.3, 0.4) is 0 Å². The lowest BCUT2D eigenvalue weighted by Crippen LogP contribution is -1.73. The number of benzene rings is 1. The quantitative estimate of drug-likeness (QED) is 0.584. The van der Waals surface area contributed by atoms with Gasteiger partial charge in [0.2, 0.25) is 0 Å². The highest BCUT2D eigenvalue weighted by atomic mass is 16.3. The van der Waals surface area contributed by atoms with Gasteiger partial charge in [0.05, 0.1) is 6.26 Å². The lowest BCUT2D eigenvalue weighted by Gasteiger charge is -1.94. The third-order valence-corrected chi connectivity index (χ3v) is 2.14. The van der Waals surface area contributed by atoms with Gasteiger partial charge in [-0.1, -0.05) is 0 Å². The second-order valence-corrected chi connectivity index (χ2v) is 3.01. The summed E-state index contributed by atoms with van der Waals surface area (Å²) in [7, 11) is 0. The Bertz CT molecular complexity index is 551. The van der Waals surface area contributed by atoms with Crippen molar-refractivity contribution in [1.82, 2.24) is 4.98 Å². The van der Waals surface area contributed by atoms with E-state index in [1.165, 1.54) is 6.39 Å². The van der Waals surface area contributed by atoms with Crippen LogP contribution in [0.5, 0.6) is 0 Å². The van der Waals surface area contributed by atoms with Crippen LogP contribution in [0.1, 0.15) is 0 Å². The molecule has 0 bridgehead atoms. The van der Waals surface area contributed by atoms with Crippen molar-refractivity contribution < 1.29 is 8.83 Å². The number of aromatic nitrogens is 1. The maximum Gasteiger partial charge on any atom is 0.181 e. The zero-order valence-corrected chi connectivity index (χ0v) is 7.31. The zero-order valence-electron chi connectivity index (χ0n) is 7.31. The number of fused-ring (bicyclic) bond motifs is 1. The molecule has 0 spiro atoms. The SMILES string of the molecule is c1coc(-c2ccc3ocnc3c2)c1. The summed E-state index contributed by atoms with van der Waals surface area (Å²) in [5.74, 6) is 0.843. The van der Waals surface area contributed by atoms with Gasteiger partial charge >= 0.3 is 0 Å².